The van der Waals surface area contributed by atoms with Crippen LogP contribution in [0.25, 0.3) is 0 Å². The van der Waals surface area contributed by atoms with E-state index in [-0.39, 0.29) is 11.9 Å². The van der Waals surface area contributed by atoms with E-state index < -0.39 is 11.9 Å². The molecule has 0 radical (unpaired) electrons. The highest BCUT2D eigenvalue weighted by molar-refractivity contribution is 5.80. The molecule has 7 heteroatoms. The fourth-order valence-electron chi connectivity index (χ4n) is 1.81. The Morgan fingerprint density at radius 2 is 2.29 bits per heavy atom. The van der Waals surface area contributed by atoms with Crippen molar-refractivity contribution in [3.63, 3.8) is 0 Å². The second-order valence-electron chi connectivity index (χ2n) is 4.74. The van der Waals surface area contributed by atoms with Gasteiger partial charge in [0.2, 0.25) is 0 Å². The third-order valence-corrected chi connectivity index (χ3v) is 2.79. The Kier molecular flexibility index (Phi) is 4.86. The zero-order valence-electron chi connectivity index (χ0n) is 11.9. The number of hydrogen-bond acceptors (Lipinski definition) is 4. The maximum Gasteiger partial charge on any atom is 0.261 e. The summed E-state index contributed by atoms with van der Waals surface area (Å²) in [7, 11) is 0. The van der Waals surface area contributed by atoms with Crippen LogP contribution in [0, 0.1) is 5.82 Å². The van der Waals surface area contributed by atoms with Gasteiger partial charge in [0.05, 0.1) is 6.54 Å². The van der Waals surface area contributed by atoms with Crippen LogP contribution in [0.3, 0.4) is 0 Å². The maximum atomic E-state index is 13.0. The quantitative estimate of drug-likeness (QED) is 0.873. The van der Waals surface area contributed by atoms with E-state index >= 15 is 0 Å². The highest BCUT2D eigenvalue weighted by Gasteiger charge is 2.17. The first-order valence-corrected chi connectivity index (χ1v) is 6.59. The average Bonchev–Trinajstić information content (AvgIpc) is 2.91. The smallest absolute Gasteiger partial charge is 0.261 e. The molecule has 2 aromatic rings. The largest absolute Gasteiger partial charge is 0.481 e. The summed E-state index contributed by atoms with van der Waals surface area (Å²) in [4.78, 5) is 15.8. The molecular formula is C14H17FN4O2. The van der Waals surface area contributed by atoms with E-state index in [4.69, 9.17) is 4.74 Å². The van der Waals surface area contributed by atoms with Gasteiger partial charge in [-0.2, -0.15) is 5.10 Å². The van der Waals surface area contributed by atoms with Crippen LogP contribution in [-0.4, -0.2) is 32.8 Å². The summed E-state index contributed by atoms with van der Waals surface area (Å²) in [6.45, 7) is 3.98. The molecule has 0 spiro atoms. The summed E-state index contributed by atoms with van der Waals surface area (Å²) in [6.07, 6.45) is 2.30. The molecule has 0 saturated heterocycles. The zero-order chi connectivity index (χ0) is 15.2. The van der Waals surface area contributed by atoms with Crippen LogP contribution in [0.1, 0.15) is 13.8 Å². The number of amides is 1. The van der Waals surface area contributed by atoms with Crippen molar-refractivity contribution in [1.82, 2.24) is 20.1 Å². The molecular weight excluding hydrogens is 275 g/mol. The number of nitrogens with zero attached hydrogens (tertiary/aromatic N) is 3. The first kappa shape index (κ1) is 15.0. The lowest BCUT2D eigenvalue weighted by atomic mass is 10.3. The van der Waals surface area contributed by atoms with E-state index in [2.05, 4.69) is 15.4 Å². The number of carbonyl (C=O) groups is 1. The van der Waals surface area contributed by atoms with Gasteiger partial charge >= 0.3 is 0 Å². The van der Waals surface area contributed by atoms with E-state index in [0.29, 0.717) is 12.3 Å². The van der Waals surface area contributed by atoms with Crippen LogP contribution in [-0.2, 0) is 11.3 Å². The summed E-state index contributed by atoms with van der Waals surface area (Å²) >= 11 is 0. The predicted molar refractivity (Wildman–Crippen MR) is 74.1 cm³/mol. The van der Waals surface area contributed by atoms with Gasteiger partial charge in [0.25, 0.3) is 5.91 Å². The van der Waals surface area contributed by atoms with Crippen molar-refractivity contribution in [2.45, 2.75) is 32.5 Å². The molecule has 112 valence electrons. The summed E-state index contributed by atoms with van der Waals surface area (Å²) in [5.41, 5.74) is 0. The third-order valence-electron chi connectivity index (χ3n) is 2.79. The number of aromatic nitrogens is 3. The molecule has 0 saturated carbocycles. The first-order valence-electron chi connectivity index (χ1n) is 6.59. The molecule has 0 aliphatic rings. The molecule has 1 aromatic carbocycles. The average molecular weight is 292 g/mol. The van der Waals surface area contributed by atoms with Gasteiger partial charge in [0.15, 0.2) is 6.10 Å². The van der Waals surface area contributed by atoms with Crippen LogP contribution >= 0.6 is 0 Å². The Bertz CT molecular complexity index is 588. The predicted octanol–water partition coefficient (Wildman–Crippen LogP) is 1.39. The molecule has 21 heavy (non-hydrogen) atoms. The van der Waals surface area contributed by atoms with E-state index in [1.165, 1.54) is 24.5 Å². The van der Waals surface area contributed by atoms with Crippen LogP contribution in [0.5, 0.6) is 5.75 Å². The highest BCUT2D eigenvalue weighted by atomic mass is 19.1. The molecule has 1 N–H and O–H groups in total. The van der Waals surface area contributed by atoms with Crippen molar-refractivity contribution in [2.24, 2.45) is 0 Å². The second-order valence-corrected chi connectivity index (χ2v) is 4.74. The Morgan fingerprint density at radius 1 is 1.48 bits per heavy atom. The molecule has 0 bridgehead atoms. The van der Waals surface area contributed by atoms with Crippen molar-refractivity contribution >= 4 is 5.91 Å². The normalized spacial score (nSPS) is 13.5. The molecule has 2 rings (SSSR count). The van der Waals surface area contributed by atoms with Gasteiger partial charge < -0.3 is 10.1 Å². The van der Waals surface area contributed by atoms with Crippen molar-refractivity contribution < 1.29 is 13.9 Å². The lowest BCUT2D eigenvalue weighted by Crippen LogP contribution is -2.43. The molecule has 6 nitrogen and oxygen atoms in total. The molecule has 2 atom stereocenters. The summed E-state index contributed by atoms with van der Waals surface area (Å²) in [5, 5.41) is 6.77. The van der Waals surface area contributed by atoms with E-state index in [1.807, 2.05) is 6.92 Å². The second kappa shape index (κ2) is 6.83. The number of nitrogens with one attached hydrogen (secondary N) is 1. The zero-order valence-corrected chi connectivity index (χ0v) is 11.9. The summed E-state index contributed by atoms with van der Waals surface area (Å²) < 4.78 is 20.1. The summed E-state index contributed by atoms with van der Waals surface area (Å²) in [5.74, 6) is -0.354. The Morgan fingerprint density at radius 3 is 2.95 bits per heavy atom. The molecule has 1 heterocycles. The number of halogens is 1. The lowest BCUT2D eigenvalue weighted by molar-refractivity contribution is -0.128. The molecule has 1 aromatic heterocycles. The molecule has 1 amide bonds. The van der Waals surface area contributed by atoms with E-state index in [0.717, 1.165) is 0 Å². The fraction of sp³-hybridized carbons (Fsp3) is 0.357. The van der Waals surface area contributed by atoms with Gasteiger partial charge in [-0.1, -0.05) is 6.07 Å². The van der Waals surface area contributed by atoms with Gasteiger partial charge in [0, 0.05) is 12.1 Å². The SMILES string of the molecule is CC(Cn1cncn1)NC(=O)C(C)Oc1cccc(F)c1. The maximum absolute atomic E-state index is 13.0. The van der Waals surface area contributed by atoms with Crippen molar-refractivity contribution in [2.75, 3.05) is 0 Å². The van der Waals surface area contributed by atoms with Gasteiger partial charge in [0.1, 0.15) is 24.2 Å². The minimum atomic E-state index is -0.718. The monoisotopic (exact) mass is 292 g/mol. The number of benzene rings is 1. The standard InChI is InChI=1S/C14H17FN4O2/c1-10(7-19-9-16-8-17-19)18-14(20)11(2)21-13-5-3-4-12(15)6-13/h3-6,8-11H,7H2,1-2H3,(H,18,20). The molecule has 0 aliphatic heterocycles. The number of hydrogen-bond donors (Lipinski definition) is 1. The van der Waals surface area contributed by atoms with E-state index in [9.17, 15) is 9.18 Å². The lowest BCUT2D eigenvalue weighted by Gasteiger charge is -2.18. The molecule has 0 aliphatic carbocycles. The Labute approximate surface area is 121 Å². The van der Waals surface area contributed by atoms with Crippen LogP contribution in [0.2, 0.25) is 0 Å². The number of ether oxygens (including phenoxy) is 1. The van der Waals surface area contributed by atoms with Gasteiger partial charge in [-0.3, -0.25) is 9.48 Å². The summed E-state index contributed by atoms with van der Waals surface area (Å²) in [6, 6.07) is 5.56. The molecule has 2 unspecified atom stereocenters. The number of carbonyl (C=O) groups excluding carboxylic acids is 1. The van der Waals surface area contributed by atoms with E-state index in [1.54, 1.807) is 24.0 Å². The number of rotatable bonds is 6. The Balaban J connectivity index is 1.84. The van der Waals surface area contributed by atoms with Crippen molar-refractivity contribution in [1.29, 1.82) is 0 Å². The fourth-order valence-corrected chi connectivity index (χ4v) is 1.81. The van der Waals surface area contributed by atoms with Crippen LogP contribution < -0.4 is 10.1 Å². The topological polar surface area (TPSA) is 69.0 Å². The minimum absolute atomic E-state index is 0.127. The van der Waals surface area contributed by atoms with Gasteiger partial charge in [-0.15, -0.1) is 0 Å². The van der Waals surface area contributed by atoms with Gasteiger partial charge in [-0.05, 0) is 26.0 Å². The van der Waals surface area contributed by atoms with Crippen LogP contribution in [0.4, 0.5) is 4.39 Å². The van der Waals surface area contributed by atoms with Gasteiger partial charge in [-0.25, -0.2) is 9.37 Å². The van der Waals surface area contributed by atoms with Crippen molar-refractivity contribution in [3.8, 4) is 5.75 Å². The Hall–Kier alpha value is -2.44. The van der Waals surface area contributed by atoms with Crippen LogP contribution in [0.15, 0.2) is 36.9 Å². The van der Waals surface area contributed by atoms with Crippen molar-refractivity contribution in [3.05, 3.63) is 42.7 Å². The molecule has 0 fully saturated rings. The third kappa shape index (κ3) is 4.55. The first-order chi connectivity index (χ1) is 10.0. The highest BCUT2D eigenvalue weighted by Crippen LogP contribution is 2.13. The minimum Gasteiger partial charge on any atom is -0.481 e.